The molecular weight excluding hydrogens is 154 g/mol. The molecule has 0 radical (unpaired) electrons. The highest BCUT2D eigenvalue weighted by atomic mass is 16.4. The maximum absolute atomic E-state index is 10.5. The highest BCUT2D eigenvalue weighted by Gasteiger charge is 2.29. The van der Waals surface area contributed by atoms with E-state index in [1.54, 1.807) is 26.0 Å². The molecule has 0 saturated heterocycles. The zero-order chi connectivity index (χ0) is 9.78. The predicted molar refractivity (Wildman–Crippen MR) is 47.7 cm³/mol. The molecule has 0 bridgehead atoms. The molecular formula is C9H15NO2. The summed E-state index contributed by atoms with van der Waals surface area (Å²) in [4.78, 5) is 10.5. The lowest BCUT2D eigenvalue weighted by atomic mass is 9.85. The molecule has 12 heavy (non-hydrogen) atoms. The van der Waals surface area contributed by atoms with Crippen molar-refractivity contribution < 1.29 is 9.90 Å². The molecule has 0 spiro atoms. The van der Waals surface area contributed by atoms with Gasteiger partial charge in [0.1, 0.15) is 6.04 Å². The van der Waals surface area contributed by atoms with E-state index in [9.17, 15) is 4.79 Å². The van der Waals surface area contributed by atoms with Gasteiger partial charge in [-0.1, -0.05) is 13.8 Å². The summed E-state index contributed by atoms with van der Waals surface area (Å²) in [5.74, 6) is -0.992. The monoisotopic (exact) mass is 169 g/mol. The second-order valence-corrected chi connectivity index (χ2v) is 3.24. The molecule has 0 amide bonds. The molecule has 1 atom stereocenters. The molecule has 3 heteroatoms. The van der Waals surface area contributed by atoms with Gasteiger partial charge in [-0.3, -0.25) is 4.79 Å². The maximum Gasteiger partial charge on any atom is 0.321 e. The van der Waals surface area contributed by atoms with Crippen molar-refractivity contribution >= 4 is 5.97 Å². The molecule has 0 aliphatic rings. The lowest BCUT2D eigenvalue weighted by Gasteiger charge is -2.23. The van der Waals surface area contributed by atoms with Crippen LogP contribution in [0.1, 0.15) is 20.8 Å². The standard InChI is InChI=1S/C9H15NO2/c1-4-5-6-9(2,3)7(10)8(11)12/h4,6-7H,10H2,1-3H3,(H,11,12). The molecule has 3 nitrogen and oxygen atoms in total. The summed E-state index contributed by atoms with van der Waals surface area (Å²) in [6.07, 6.45) is 3.39. The van der Waals surface area contributed by atoms with Crippen LogP contribution in [0, 0.1) is 5.41 Å². The minimum Gasteiger partial charge on any atom is -0.480 e. The minimum atomic E-state index is -0.992. The van der Waals surface area contributed by atoms with Gasteiger partial charge in [0.2, 0.25) is 0 Å². The highest BCUT2D eigenvalue weighted by Crippen LogP contribution is 2.20. The van der Waals surface area contributed by atoms with Crippen LogP contribution >= 0.6 is 0 Å². The smallest absolute Gasteiger partial charge is 0.321 e. The number of carboxylic acids is 1. The number of nitrogens with two attached hydrogens (primary N) is 1. The first-order valence-electron chi connectivity index (χ1n) is 3.78. The normalized spacial score (nSPS) is 13.0. The lowest BCUT2D eigenvalue weighted by Crippen LogP contribution is -2.42. The zero-order valence-corrected chi connectivity index (χ0v) is 7.66. The van der Waals surface area contributed by atoms with Gasteiger partial charge in [-0.2, -0.15) is 0 Å². The summed E-state index contributed by atoms with van der Waals surface area (Å²) in [5, 5.41) is 8.63. The van der Waals surface area contributed by atoms with Crippen molar-refractivity contribution in [3.63, 3.8) is 0 Å². The van der Waals surface area contributed by atoms with Crippen LogP contribution in [0.4, 0.5) is 0 Å². The Morgan fingerprint density at radius 3 is 2.50 bits per heavy atom. The maximum atomic E-state index is 10.5. The van der Waals surface area contributed by atoms with Crippen molar-refractivity contribution in [3.8, 4) is 0 Å². The van der Waals surface area contributed by atoms with Crippen LogP contribution in [-0.2, 0) is 4.79 Å². The Bertz CT molecular complexity index is 225. The van der Waals surface area contributed by atoms with E-state index in [4.69, 9.17) is 10.8 Å². The van der Waals surface area contributed by atoms with Crippen LogP contribution in [0.5, 0.6) is 0 Å². The molecule has 0 fully saturated rings. The van der Waals surface area contributed by atoms with E-state index in [0.717, 1.165) is 0 Å². The largest absolute Gasteiger partial charge is 0.480 e. The van der Waals surface area contributed by atoms with Crippen molar-refractivity contribution in [2.24, 2.45) is 11.1 Å². The Labute approximate surface area is 72.6 Å². The fourth-order valence-electron chi connectivity index (χ4n) is 0.706. The van der Waals surface area contributed by atoms with Gasteiger partial charge in [-0.15, -0.1) is 5.73 Å². The van der Waals surface area contributed by atoms with Crippen LogP contribution in [0.25, 0.3) is 0 Å². The highest BCUT2D eigenvalue weighted by molar-refractivity contribution is 5.74. The Morgan fingerprint density at radius 1 is 1.67 bits per heavy atom. The minimum absolute atomic E-state index is 0.557. The van der Waals surface area contributed by atoms with E-state index >= 15 is 0 Å². The second-order valence-electron chi connectivity index (χ2n) is 3.24. The lowest BCUT2D eigenvalue weighted by molar-refractivity contribution is -0.140. The Balaban J connectivity index is 4.60. The quantitative estimate of drug-likeness (QED) is 0.623. The van der Waals surface area contributed by atoms with Crippen molar-refractivity contribution in [2.45, 2.75) is 26.8 Å². The number of hydrogen-bond donors (Lipinski definition) is 2. The van der Waals surface area contributed by atoms with Gasteiger partial charge in [-0.05, 0) is 19.1 Å². The molecule has 0 aromatic heterocycles. The van der Waals surface area contributed by atoms with Crippen LogP contribution in [-0.4, -0.2) is 17.1 Å². The molecule has 0 aliphatic heterocycles. The van der Waals surface area contributed by atoms with Crippen molar-refractivity contribution in [1.29, 1.82) is 0 Å². The van der Waals surface area contributed by atoms with E-state index in [2.05, 4.69) is 5.73 Å². The summed E-state index contributed by atoms with van der Waals surface area (Å²) in [6, 6.07) is -0.884. The molecule has 68 valence electrons. The van der Waals surface area contributed by atoms with Gasteiger partial charge in [0, 0.05) is 5.41 Å². The summed E-state index contributed by atoms with van der Waals surface area (Å²) in [6.45, 7) is 5.35. The number of rotatable bonds is 3. The summed E-state index contributed by atoms with van der Waals surface area (Å²) >= 11 is 0. The average molecular weight is 169 g/mol. The van der Waals surface area contributed by atoms with E-state index in [0.29, 0.717) is 0 Å². The third kappa shape index (κ3) is 2.91. The number of carbonyl (C=O) groups is 1. The molecule has 0 aromatic rings. The van der Waals surface area contributed by atoms with Crippen LogP contribution in [0.15, 0.2) is 17.9 Å². The molecule has 3 N–H and O–H groups in total. The van der Waals surface area contributed by atoms with E-state index < -0.39 is 17.4 Å². The van der Waals surface area contributed by atoms with Crippen LogP contribution in [0.3, 0.4) is 0 Å². The fraction of sp³-hybridized carbons (Fsp3) is 0.556. The van der Waals surface area contributed by atoms with Crippen LogP contribution < -0.4 is 5.73 Å². The Morgan fingerprint density at radius 2 is 2.17 bits per heavy atom. The van der Waals surface area contributed by atoms with Crippen molar-refractivity contribution in [3.05, 3.63) is 17.9 Å². The third-order valence-corrected chi connectivity index (χ3v) is 1.69. The zero-order valence-electron chi connectivity index (χ0n) is 7.66. The Kier molecular flexibility index (Phi) is 3.74. The molecule has 0 heterocycles. The van der Waals surface area contributed by atoms with Gasteiger partial charge < -0.3 is 10.8 Å². The summed E-state index contributed by atoms with van der Waals surface area (Å²) in [7, 11) is 0. The van der Waals surface area contributed by atoms with Crippen molar-refractivity contribution in [1.82, 2.24) is 0 Å². The van der Waals surface area contributed by atoms with Crippen molar-refractivity contribution in [2.75, 3.05) is 0 Å². The Hall–Kier alpha value is -1.05. The van der Waals surface area contributed by atoms with Gasteiger partial charge in [0.05, 0.1) is 0 Å². The molecule has 0 aliphatic carbocycles. The molecule has 0 rings (SSSR count). The topological polar surface area (TPSA) is 63.3 Å². The van der Waals surface area contributed by atoms with Gasteiger partial charge in [0.15, 0.2) is 0 Å². The van der Waals surface area contributed by atoms with E-state index in [1.807, 2.05) is 6.92 Å². The molecule has 1 unspecified atom stereocenters. The first kappa shape index (κ1) is 11.0. The summed E-state index contributed by atoms with van der Waals surface area (Å²) in [5.41, 5.74) is 7.72. The second kappa shape index (κ2) is 4.10. The SMILES string of the molecule is CC=C=CC(C)(C)C(N)C(=O)O. The first-order valence-corrected chi connectivity index (χ1v) is 3.78. The molecule has 0 saturated carbocycles. The number of hydrogen-bond acceptors (Lipinski definition) is 2. The van der Waals surface area contributed by atoms with Crippen LogP contribution in [0.2, 0.25) is 0 Å². The third-order valence-electron chi connectivity index (χ3n) is 1.69. The fourth-order valence-corrected chi connectivity index (χ4v) is 0.706. The van der Waals surface area contributed by atoms with E-state index in [-0.39, 0.29) is 0 Å². The number of aliphatic carboxylic acids is 1. The van der Waals surface area contributed by atoms with Gasteiger partial charge in [-0.25, -0.2) is 0 Å². The van der Waals surface area contributed by atoms with E-state index in [1.165, 1.54) is 0 Å². The molecule has 0 aromatic carbocycles. The first-order chi connectivity index (χ1) is 5.41. The van der Waals surface area contributed by atoms with Gasteiger partial charge >= 0.3 is 5.97 Å². The predicted octanol–water partition coefficient (Wildman–Crippen LogP) is 1.16. The number of carboxylic acid groups (broad SMARTS) is 1. The summed E-state index contributed by atoms with van der Waals surface area (Å²) < 4.78 is 0. The average Bonchev–Trinajstić information content (AvgIpc) is 1.99. The van der Waals surface area contributed by atoms with Gasteiger partial charge in [0.25, 0.3) is 0 Å².